The first-order chi connectivity index (χ1) is 14.0. The molecule has 174 valence electrons. The summed E-state index contributed by atoms with van der Waals surface area (Å²) in [5.74, 6) is 0.456. The van der Waals surface area contributed by atoms with E-state index in [1.807, 2.05) is 0 Å². The zero-order chi connectivity index (χ0) is 21.7. The smallest absolute Gasteiger partial charge is 0.306 e. The lowest BCUT2D eigenvalue weighted by atomic mass is 9.82. The van der Waals surface area contributed by atoms with Gasteiger partial charge >= 0.3 is 5.97 Å². The predicted molar refractivity (Wildman–Crippen MR) is 129 cm³/mol. The summed E-state index contributed by atoms with van der Waals surface area (Å²) in [6.45, 7) is 9.00. The molecule has 0 fully saturated rings. The molecule has 0 saturated heterocycles. The van der Waals surface area contributed by atoms with Crippen LogP contribution in [0.2, 0.25) is 0 Å². The zero-order valence-corrected chi connectivity index (χ0v) is 20.5. The average molecular weight is 411 g/mol. The molecule has 1 N–H and O–H groups in total. The molecule has 0 spiro atoms. The van der Waals surface area contributed by atoms with Gasteiger partial charge in [-0.3, -0.25) is 4.79 Å². The molecule has 0 aromatic rings. The van der Waals surface area contributed by atoms with E-state index >= 15 is 0 Å². The average Bonchev–Trinajstić information content (AvgIpc) is 2.69. The minimum Gasteiger partial charge on any atom is -0.481 e. The van der Waals surface area contributed by atoms with E-state index in [0.29, 0.717) is 11.8 Å². The number of rotatable bonds is 22. The first-order valence-electron chi connectivity index (χ1n) is 13.3. The van der Waals surface area contributed by atoms with Crippen molar-refractivity contribution in [1.82, 2.24) is 0 Å². The van der Waals surface area contributed by atoms with E-state index in [4.69, 9.17) is 0 Å². The van der Waals surface area contributed by atoms with Gasteiger partial charge in [-0.05, 0) is 24.7 Å². The van der Waals surface area contributed by atoms with Crippen LogP contribution in [0.3, 0.4) is 0 Å². The van der Waals surface area contributed by atoms with E-state index in [1.165, 1.54) is 109 Å². The molecule has 3 atom stereocenters. The number of carboxylic acid groups (broad SMARTS) is 1. The second-order valence-electron chi connectivity index (χ2n) is 9.73. The lowest BCUT2D eigenvalue weighted by Crippen LogP contribution is -2.20. The normalized spacial score (nSPS) is 14.6. The third kappa shape index (κ3) is 18.0. The lowest BCUT2D eigenvalue weighted by molar-refractivity contribution is -0.143. The van der Waals surface area contributed by atoms with Crippen molar-refractivity contribution in [2.75, 3.05) is 0 Å². The molecule has 29 heavy (non-hydrogen) atoms. The van der Waals surface area contributed by atoms with Crippen LogP contribution in [0.4, 0.5) is 0 Å². The standard InChI is InChI=1S/C27H54O2/c1-5-8-10-11-12-13-14-15-16-17-18-20-24(4)22-26(27(28)29)23-25(19-7-3)21-9-6-2/h24-26H,5-23H2,1-4H3,(H,28,29). The SMILES string of the molecule is CCCCCCCCCCCCCC(C)CC(CC(CCC)CCCC)C(=O)O. The maximum atomic E-state index is 11.8. The fourth-order valence-corrected chi connectivity index (χ4v) is 4.74. The van der Waals surface area contributed by atoms with Crippen LogP contribution < -0.4 is 0 Å². The number of unbranched alkanes of at least 4 members (excludes halogenated alkanes) is 11. The van der Waals surface area contributed by atoms with Crippen molar-refractivity contribution in [3.05, 3.63) is 0 Å². The molecule has 3 unspecified atom stereocenters. The second kappa shape index (κ2) is 20.7. The van der Waals surface area contributed by atoms with Crippen LogP contribution in [-0.4, -0.2) is 11.1 Å². The van der Waals surface area contributed by atoms with Crippen LogP contribution in [-0.2, 0) is 4.79 Å². The Morgan fingerprint density at radius 2 is 1.14 bits per heavy atom. The Labute approximate surface area is 183 Å². The van der Waals surface area contributed by atoms with Crippen LogP contribution in [0.15, 0.2) is 0 Å². The monoisotopic (exact) mass is 410 g/mol. The van der Waals surface area contributed by atoms with E-state index < -0.39 is 5.97 Å². The van der Waals surface area contributed by atoms with Crippen LogP contribution >= 0.6 is 0 Å². The molecule has 0 amide bonds. The van der Waals surface area contributed by atoms with Crippen LogP contribution in [0, 0.1) is 17.8 Å². The van der Waals surface area contributed by atoms with Crippen molar-refractivity contribution in [3.8, 4) is 0 Å². The van der Waals surface area contributed by atoms with Gasteiger partial charge < -0.3 is 5.11 Å². The zero-order valence-electron chi connectivity index (χ0n) is 20.5. The molecular formula is C27H54O2. The van der Waals surface area contributed by atoms with Gasteiger partial charge in [0.25, 0.3) is 0 Å². The Hall–Kier alpha value is -0.530. The van der Waals surface area contributed by atoms with Gasteiger partial charge in [0.05, 0.1) is 5.92 Å². The minimum atomic E-state index is -0.562. The molecule has 2 nitrogen and oxygen atoms in total. The Morgan fingerprint density at radius 3 is 1.62 bits per heavy atom. The number of carboxylic acids is 1. The van der Waals surface area contributed by atoms with Crippen molar-refractivity contribution in [3.63, 3.8) is 0 Å². The minimum absolute atomic E-state index is 0.133. The summed E-state index contributed by atoms with van der Waals surface area (Å²) < 4.78 is 0. The molecule has 0 aliphatic rings. The number of aliphatic carboxylic acids is 1. The van der Waals surface area contributed by atoms with Crippen LogP contribution in [0.1, 0.15) is 150 Å². The second-order valence-corrected chi connectivity index (χ2v) is 9.73. The number of carbonyl (C=O) groups is 1. The predicted octanol–water partition coefficient (Wildman–Crippen LogP) is 9.41. The number of hydrogen-bond acceptors (Lipinski definition) is 1. The highest BCUT2D eigenvalue weighted by molar-refractivity contribution is 5.69. The van der Waals surface area contributed by atoms with Crippen molar-refractivity contribution >= 4 is 5.97 Å². The molecule has 0 radical (unpaired) electrons. The van der Waals surface area contributed by atoms with Gasteiger partial charge in [-0.1, -0.05) is 137 Å². The summed E-state index contributed by atoms with van der Waals surface area (Å²) >= 11 is 0. The van der Waals surface area contributed by atoms with Gasteiger partial charge in [-0.25, -0.2) is 0 Å². The van der Waals surface area contributed by atoms with E-state index in [2.05, 4.69) is 27.7 Å². The molecule has 0 aromatic heterocycles. The van der Waals surface area contributed by atoms with E-state index in [-0.39, 0.29) is 5.92 Å². The molecule has 0 aromatic carbocycles. The van der Waals surface area contributed by atoms with Gasteiger partial charge in [0, 0.05) is 0 Å². The Morgan fingerprint density at radius 1 is 0.621 bits per heavy atom. The Kier molecular flexibility index (Phi) is 20.4. The summed E-state index contributed by atoms with van der Waals surface area (Å²) in [5.41, 5.74) is 0. The first kappa shape index (κ1) is 28.5. The fraction of sp³-hybridized carbons (Fsp3) is 0.963. The topological polar surface area (TPSA) is 37.3 Å². The van der Waals surface area contributed by atoms with Crippen LogP contribution in [0.25, 0.3) is 0 Å². The molecule has 0 bridgehead atoms. The molecule has 2 heteroatoms. The summed E-state index contributed by atoms with van der Waals surface area (Å²) in [6.07, 6.45) is 24.2. The highest BCUT2D eigenvalue weighted by Gasteiger charge is 2.24. The quantitative estimate of drug-likeness (QED) is 0.180. The van der Waals surface area contributed by atoms with Gasteiger partial charge in [0.1, 0.15) is 0 Å². The van der Waals surface area contributed by atoms with Crippen molar-refractivity contribution in [2.24, 2.45) is 17.8 Å². The first-order valence-corrected chi connectivity index (χ1v) is 13.3. The molecule has 0 aliphatic carbocycles. The summed E-state index contributed by atoms with van der Waals surface area (Å²) in [5, 5.41) is 9.72. The Bertz CT molecular complexity index is 352. The summed E-state index contributed by atoms with van der Waals surface area (Å²) in [4.78, 5) is 11.8. The largest absolute Gasteiger partial charge is 0.481 e. The molecule has 0 aliphatic heterocycles. The van der Waals surface area contributed by atoms with Gasteiger partial charge in [0.2, 0.25) is 0 Å². The lowest BCUT2D eigenvalue weighted by Gasteiger charge is -2.23. The van der Waals surface area contributed by atoms with E-state index in [9.17, 15) is 9.90 Å². The third-order valence-electron chi connectivity index (χ3n) is 6.62. The third-order valence-corrected chi connectivity index (χ3v) is 6.62. The van der Waals surface area contributed by atoms with Crippen molar-refractivity contribution in [2.45, 2.75) is 150 Å². The van der Waals surface area contributed by atoms with Gasteiger partial charge in [-0.2, -0.15) is 0 Å². The van der Waals surface area contributed by atoms with E-state index in [1.54, 1.807) is 0 Å². The van der Waals surface area contributed by atoms with Crippen molar-refractivity contribution in [1.29, 1.82) is 0 Å². The highest BCUT2D eigenvalue weighted by atomic mass is 16.4. The van der Waals surface area contributed by atoms with Gasteiger partial charge in [0.15, 0.2) is 0 Å². The molecule has 0 heterocycles. The number of hydrogen-bond donors (Lipinski definition) is 1. The Balaban J connectivity index is 3.89. The molecular weight excluding hydrogens is 356 g/mol. The van der Waals surface area contributed by atoms with Crippen molar-refractivity contribution < 1.29 is 9.90 Å². The van der Waals surface area contributed by atoms with Gasteiger partial charge in [-0.15, -0.1) is 0 Å². The maximum Gasteiger partial charge on any atom is 0.306 e. The van der Waals surface area contributed by atoms with E-state index in [0.717, 1.165) is 12.8 Å². The summed E-state index contributed by atoms with van der Waals surface area (Å²) in [7, 11) is 0. The van der Waals surface area contributed by atoms with Crippen LogP contribution in [0.5, 0.6) is 0 Å². The highest BCUT2D eigenvalue weighted by Crippen LogP contribution is 2.29. The summed E-state index contributed by atoms with van der Waals surface area (Å²) in [6, 6.07) is 0. The maximum absolute atomic E-state index is 11.8. The fourth-order valence-electron chi connectivity index (χ4n) is 4.74. The molecule has 0 rings (SSSR count). The molecule has 0 saturated carbocycles.